The summed E-state index contributed by atoms with van der Waals surface area (Å²) in [5.74, 6) is 1.02. The van der Waals surface area contributed by atoms with E-state index in [-0.39, 0.29) is 23.0 Å². The van der Waals surface area contributed by atoms with Crippen molar-refractivity contribution in [2.24, 2.45) is 0 Å². The van der Waals surface area contributed by atoms with Gasteiger partial charge in [-0.2, -0.15) is 20.7 Å². The van der Waals surface area contributed by atoms with Crippen LogP contribution in [0.2, 0.25) is 0 Å². The third-order valence-corrected chi connectivity index (χ3v) is 5.14. The van der Waals surface area contributed by atoms with Crippen LogP contribution in [-0.4, -0.2) is 40.0 Å². The molecule has 0 amide bonds. The molecule has 0 saturated carbocycles. The van der Waals surface area contributed by atoms with Gasteiger partial charge in [-0.1, -0.05) is 11.8 Å². The van der Waals surface area contributed by atoms with Crippen molar-refractivity contribution < 1.29 is 9.47 Å². The second kappa shape index (κ2) is 10.3. The van der Waals surface area contributed by atoms with E-state index in [1.807, 2.05) is 19.1 Å². The summed E-state index contributed by atoms with van der Waals surface area (Å²) in [5, 5.41) is 27.8. The van der Waals surface area contributed by atoms with Gasteiger partial charge in [0.2, 0.25) is 0 Å². The molecule has 0 bridgehead atoms. The number of nitriles is 2. The lowest BCUT2D eigenvalue weighted by Crippen LogP contribution is -2.18. The standard InChI is InChI=1S/C21H19N7O2S/c1-13(11-29-2)30-15-5-6-18(25-10-15)19-16(8-22)20(24)27-21(17(19)9-23)31-12-14-4-3-7-26-28-14/h3-7,10,13H,11-12H2,1-2H3,(H2,24,27)/t13-/m0/s1. The fourth-order valence-corrected chi connectivity index (χ4v) is 3.70. The van der Waals surface area contributed by atoms with E-state index >= 15 is 0 Å². The van der Waals surface area contributed by atoms with Crippen LogP contribution in [0.3, 0.4) is 0 Å². The summed E-state index contributed by atoms with van der Waals surface area (Å²) in [6.45, 7) is 2.31. The van der Waals surface area contributed by atoms with Crippen molar-refractivity contribution >= 4 is 17.6 Å². The fourth-order valence-electron chi connectivity index (χ4n) is 2.81. The molecular weight excluding hydrogens is 414 g/mol. The summed E-state index contributed by atoms with van der Waals surface area (Å²) in [6, 6.07) is 11.2. The largest absolute Gasteiger partial charge is 0.487 e. The molecule has 0 aliphatic rings. The number of nitrogens with zero attached hydrogens (tertiary/aromatic N) is 6. The van der Waals surface area contributed by atoms with Crippen molar-refractivity contribution in [3.63, 3.8) is 0 Å². The first-order chi connectivity index (χ1) is 15.1. The number of hydrogen-bond donors (Lipinski definition) is 1. The molecule has 0 fully saturated rings. The zero-order valence-electron chi connectivity index (χ0n) is 16.9. The number of ether oxygens (including phenoxy) is 2. The van der Waals surface area contributed by atoms with Crippen LogP contribution in [0.4, 0.5) is 5.82 Å². The average Bonchev–Trinajstić information content (AvgIpc) is 2.78. The number of rotatable bonds is 8. The van der Waals surface area contributed by atoms with Gasteiger partial charge in [-0.3, -0.25) is 4.98 Å². The Morgan fingerprint density at radius 2 is 2.00 bits per heavy atom. The maximum atomic E-state index is 9.85. The third-order valence-electron chi connectivity index (χ3n) is 4.13. The highest BCUT2D eigenvalue weighted by molar-refractivity contribution is 7.98. The van der Waals surface area contributed by atoms with E-state index in [4.69, 9.17) is 15.2 Å². The van der Waals surface area contributed by atoms with Crippen LogP contribution >= 0.6 is 11.8 Å². The quantitative estimate of drug-likeness (QED) is 0.526. The molecule has 3 aromatic rings. The molecule has 0 aromatic carbocycles. The van der Waals surface area contributed by atoms with Crippen LogP contribution in [0.5, 0.6) is 5.75 Å². The van der Waals surface area contributed by atoms with Gasteiger partial charge in [-0.05, 0) is 31.2 Å². The van der Waals surface area contributed by atoms with Crippen LogP contribution in [0, 0.1) is 22.7 Å². The Morgan fingerprint density at radius 1 is 1.19 bits per heavy atom. The summed E-state index contributed by atoms with van der Waals surface area (Å²) in [5.41, 5.74) is 7.88. The second-order valence-electron chi connectivity index (χ2n) is 6.42. The minimum atomic E-state index is -0.150. The first-order valence-electron chi connectivity index (χ1n) is 9.22. The number of thioether (sulfide) groups is 1. The fraction of sp³-hybridized carbons (Fsp3) is 0.238. The van der Waals surface area contributed by atoms with Crippen molar-refractivity contribution in [3.8, 4) is 29.1 Å². The summed E-state index contributed by atoms with van der Waals surface area (Å²) < 4.78 is 10.8. The van der Waals surface area contributed by atoms with Gasteiger partial charge in [0.25, 0.3) is 0 Å². The van der Waals surface area contributed by atoms with E-state index in [0.717, 1.165) is 5.69 Å². The number of nitrogens with two attached hydrogens (primary N) is 1. The Balaban J connectivity index is 1.97. The number of methoxy groups -OCH3 is 1. The number of hydrogen-bond acceptors (Lipinski definition) is 10. The van der Waals surface area contributed by atoms with E-state index in [1.165, 1.54) is 18.0 Å². The number of pyridine rings is 2. The van der Waals surface area contributed by atoms with Gasteiger partial charge in [0.15, 0.2) is 0 Å². The molecule has 31 heavy (non-hydrogen) atoms. The van der Waals surface area contributed by atoms with Crippen molar-refractivity contribution in [2.45, 2.75) is 23.8 Å². The Hall–Kier alpha value is -3.73. The number of anilines is 1. The van der Waals surface area contributed by atoms with E-state index in [9.17, 15) is 10.5 Å². The van der Waals surface area contributed by atoms with Crippen LogP contribution in [0.1, 0.15) is 23.7 Å². The van der Waals surface area contributed by atoms with E-state index in [0.29, 0.717) is 34.4 Å². The molecule has 9 nitrogen and oxygen atoms in total. The highest BCUT2D eigenvalue weighted by atomic mass is 32.2. The maximum Gasteiger partial charge on any atom is 0.143 e. The second-order valence-corrected chi connectivity index (χ2v) is 7.38. The average molecular weight is 433 g/mol. The Bertz CT molecular complexity index is 1130. The molecule has 0 aliphatic carbocycles. The van der Waals surface area contributed by atoms with Crippen molar-refractivity contribution in [3.05, 3.63) is 53.5 Å². The monoisotopic (exact) mass is 433 g/mol. The predicted octanol–water partition coefficient (Wildman–Crippen LogP) is 2.97. The lowest BCUT2D eigenvalue weighted by molar-refractivity contribution is 0.0918. The lowest BCUT2D eigenvalue weighted by atomic mass is 10.0. The maximum absolute atomic E-state index is 9.85. The van der Waals surface area contributed by atoms with Gasteiger partial charge in [-0.25, -0.2) is 4.98 Å². The summed E-state index contributed by atoms with van der Waals surface area (Å²) in [4.78, 5) is 8.67. The molecule has 3 aromatic heterocycles. The Kier molecular flexibility index (Phi) is 7.33. The van der Waals surface area contributed by atoms with Gasteiger partial charge in [0.05, 0.1) is 29.8 Å². The van der Waals surface area contributed by atoms with E-state index in [2.05, 4.69) is 26.2 Å². The SMILES string of the molecule is COC[C@H](C)Oc1ccc(-c2c(C#N)c(N)nc(SCc3cccnn3)c2C#N)nc1. The van der Waals surface area contributed by atoms with Crippen LogP contribution in [0.25, 0.3) is 11.3 Å². The van der Waals surface area contributed by atoms with E-state index < -0.39 is 0 Å². The van der Waals surface area contributed by atoms with Gasteiger partial charge >= 0.3 is 0 Å². The minimum absolute atomic E-state index is 0.0361. The molecule has 2 N–H and O–H groups in total. The third kappa shape index (κ3) is 5.25. The number of aromatic nitrogens is 4. The first-order valence-corrected chi connectivity index (χ1v) is 10.2. The molecule has 10 heteroatoms. The highest BCUT2D eigenvalue weighted by Gasteiger charge is 2.21. The highest BCUT2D eigenvalue weighted by Crippen LogP contribution is 2.36. The molecule has 1 atom stereocenters. The van der Waals surface area contributed by atoms with Crippen molar-refractivity contribution in [1.82, 2.24) is 20.2 Å². The first kappa shape index (κ1) is 22.0. The minimum Gasteiger partial charge on any atom is -0.487 e. The zero-order chi connectivity index (χ0) is 22.2. The molecule has 0 unspecified atom stereocenters. The normalized spacial score (nSPS) is 11.4. The molecular formula is C21H19N7O2S. The Morgan fingerprint density at radius 3 is 2.61 bits per heavy atom. The summed E-state index contributed by atoms with van der Waals surface area (Å²) in [6.07, 6.45) is 2.97. The molecule has 0 radical (unpaired) electrons. The molecule has 3 heterocycles. The van der Waals surface area contributed by atoms with Gasteiger partial charge in [0, 0.05) is 24.6 Å². The molecule has 0 aliphatic heterocycles. The summed E-state index contributed by atoms with van der Waals surface area (Å²) >= 11 is 1.29. The molecule has 3 rings (SSSR count). The smallest absolute Gasteiger partial charge is 0.143 e. The van der Waals surface area contributed by atoms with E-state index in [1.54, 1.807) is 31.5 Å². The van der Waals surface area contributed by atoms with Crippen LogP contribution in [-0.2, 0) is 10.5 Å². The van der Waals surface area contributed by atoms with Gasteiger partial charge in [0.1, 0.15) is 40.4 Å². The number of nitrogen functional groups attached to an aromatic ring is 1. The lowest BCUT2D eigenvalue weighted by Gasteiger charge is -2.15. The van der Waals surface area contributed by atoms with Crippen LogP contribution < -0.4 is 10.5 Å². The van der Waals surface area contributed by atoms with Gasteiger partial charge < -0.3 is 15.2 Å². The topological polar surface area (TPSA) is 144 Å². The van der Waals surface area contributed by atoms with Crippen LogP contribution in [0.15, 0.2) is 41.7 Å². The van der Waals surface area contributed by atoms with Gasteiger partial charge in [-0.15, -0.1) is 0 Å². The summed E-state index contributed by atoms with van der Waals surface area (Å²) in [7, 11) is 1.60. The molecule has 156 valence electrons. The molecule has 0 spiro atoms. The predicted molar refractivity (Wildman–Crippen MR) is 115 cm³/mol. The van der Waals surface area contributed by atoms with Crippen molar-refractivity contribution in [2.75, 3.05) is 19.5 Å². The Labute approximate surface area is 183 Å². The van der Waals surface area contributed by atoms with Crippen molar-refractivity contribution in [1.29, 1.82) is 10.5 Å². The zero-order valence-corrected chi connectivity index (χ0v) is 17.8. The molecule has 0 saturated heterocycles.